The van der Waals surface area contributed by atoms with Gasteiger partial charge in [0.05, 0.1) is 6.33 Å². The van der Waals surface area contributed by atoms with Crippen LogP contribution in [0.5, 0.6) is 0 Å². The van der Waals surface area contributed by atoms with E-state index >= 15 is 0 Å². The van der Waals surface area contributed by atoms with Gasteiger partial charge >= 0.3 is 0 Å². The first-order valence-electron chi connectivity index (χ1n) is 9.64. The normalized spacial score (nSPS) is 11.4. The number of hydrogen-bond donors (Lipinski definition) is 0. The van der Waals surface area contributed by atoms with E-state index in [1.165, 1.54) is 83.4 Å². The highest BCUT2D eigenvalue weighted by Gasteiger charge is 2.07. The van der Waals surface area contributed by atoms with Gasteiger partial charge in [0.1, 0.15) is 11.8 Å². The summed E-state index contributed by atoms with van der Waals surface area (Å²) in [7, 11) is 0. The highest BCUT2D eigenvalue weighted by Crippen LogP contribution is 2.18. The van der Waals surface area contributed by atoms with Gasteiger partial charge in [0.2, 0.25) is 0 Å². The predicted octanol–water partition coefficient (Wildman–Crippen LogP) is 6.18. The molecule has 0 aliphatic heterocycles. The van der Waals surface area contributed by atoms with Gasteiger partial charge in [-0.25, -0.2) is 15.0 Å². The Morgan fingerprint density at radius 3 is 2.00 bits per heavy atom. The molecule has 0 N–H and O–H groups in total. The standard InChI is InChI=1S/C19H31ClN4/c1-2-3-4-5-6-7-8-9-10-11-12-13-14-24-16-23-17-18(20)21-15-22-19(17)24/h15-16H,2-14H2,1H3. The van der Waals surface area contributed by atoms with E-state index < -0.39 is 0 Å². The van der Waals surface area contributed by atoms with Crippen LogP contribution < -0.4 is 0 Å². The third kappa shape index (κ3) is 6.39. The summed E-state index contributed by atoms with van der Waals surface area (Å²) in [6.45, 7) is 3.24. The molecule has 0 aliphatic rings. The van der Waals surface area contributed by atoms with Crippen molar-refractivity contribution in [2.24, 2.45) is 0 Å². The molecule has 0 fully saturated rings. The molecule has 0 aromatic carbocycles. The van der Waals surface area contributed by atoms with Gasteiger partial charge in [0.15, 0.2) is 10.8 Å². The molecule has 0 atom stereocenters. The Morgan fingerprint density at radius 1 is 0.792 bits per heavy atom. The number of halogens is 1. The third-order valence-electron chi connectivity index (χ3n) is 4.61. The van der Waals surface area contributed by atoms with Crippen LogP contribution in [0, 0.1) is 0 Å². The number of aromatic nitrogens is 4. The van der Waals surface area contributed by atoms with Crippen molar-refractivity contribution < 1.29 is 0 Å². The van der Waals surface area contributed by atoms with Crippen molar-refractivity contribution in [3.63, 3.8) is 0 Å². The number of unbranched alkanes of at least 4 members (excludes halogenated alkanes) is 11. The van der Waals surface area contributed by atoms with E-state index in [1.807, 2.05) is 6.33 Å². The van der Waals surface area contributed by atoms with Crippen molar-refractivity contribution in [2.75, 3.05) is 0 Å². The van der Waals surface area contributed by atoms with Gasteiger partial charge in [-0.1, -0.05) is 89.2 Å². The van der Waals surface area contributed by atoms with E-state index in [0.29, 0.717) is 10.7 Å². The van der Waals surface area contributed by atoms with Gasteiger partial charge in [-0.05, 0) is 6.42 Å². The number of aryl methyl sites for hydroxylation is 1. The zero-order chi connectivity index (χ0) is 17.0. The second kappa shape index (κ2) is 11.4. The van der Waals surface area contributed by atoms with Crippen LogP contribution in [0.15, 0.2) is 12.7 Å². The summed E-state index contributed by atoms with van der Waals surface area (Å²) in [6.07, 6.45) is 19.7. The maximum Gasteiger partial charge on any atom is 0.164 e. The quantitative estimate of drug-likeness (QED) is 0.320. The molecule has 0 amide bonds. The Hall–Kier alpha value is -1.16. The zero-order valence-electron chi connectivity index (χ0n) is 15.0. The minimum atomic E-state index is 0.438. The number of hydrogen-bond acceptors (Lipinski definition) is 3. The van der Waals surface area contributed by atoms with Crippen LogP contribution in [0.4, 0.5) is 0 Å². The Labute approximate surface area is 151 Å². The second-order valence-electron chi connectivity index (χ2n) is 6.66. The van der Waals surface area contributed by atoms with Crippen molar-refractivity contribution in [2.45, 2.75) is 90.5 Å². The first kappa shape index (κ1) is 19.2. The van der Waals surface area contributed by atoms with Crippen molar-refractivity contribution >= 4 is 22.8 Å². The molecule has 5 heteroatoms. The summed E-state index contributed by atoms with van der Waals surface area (Å²) < 4.78 is 2.08. The lowest BCUT2D eigenvalue weighted by molar-refractivity contribution is 0.530. The lowest BCUT2D eigenvalue weighted by atomic mass is 10.1. The highest BCUT2D eigenvalue weighted by molar-refractivity contribution is 6.33. The van der Waals surface area contributed by atoms with Crippen LogP contribution in [0.1, 0.15) is 84.0 Å². The molecule has 4 nitrogen and oxygen atoms in total. The van der Waals surface area contributed by atoms with Gasteiger partial charge in [-0.2, -0.15) is 0 Å². The molecule has 0 bridgehead atoms. The third-order valence-corrected chi connectivity index (χ3v) is 4.89. The fourth-order valence-electron chi connectivity index (χ4n) is 3.14. The molecule has 0 saturated heterocycles. The summed E-state index contributed by atoms with van der Waals surface area (Å²) in [5.41, 5.74) is 1.55. The largest absolute Gasteiger partial charge is 0.315 e. The molecule has 0 radical (unpaired) electrons. The smallest absolute Gasteiger partial charge is 0.164 e. The Kier molecular flexibility index (Phi) is 9.11. The topological polar surface area (TPSA) is 43.6 Å². The lowest BCUT2D eigenvalue weighted by Gasteiger charge is -2.04. The summed E-state index contributed by atoms with van der Waals surface area (Å²) in [5.74, 6) is 0. The average molecular weight is 351 g/mol. The van der Waals surface area contributed by atoms with Gasteiger partial charge in [0, 0.05) is 6.54 Å². The maximum absolute atomic E-state index is 6.02. The fourth-order valence-corrected chi connectivity index (χ4v) is 3.32. The van der Waals surface area contributed by atoms with E-state index in [0.717, 1.165) is 12.2 Å². The van der Waals surface area contributed by atoms with Gasteiger partial charge < -0.3 is 4.57 Å². The molecule has 2 heterocycles. The molecule has 134 valence electrons. The van der Waals surface area contributed by atoms with Crippen LogP contribution in [0.25, 0.3) is 11.2 Å². The minimum Gasteiger partial charge on any atom is -0.315 e. The fraction of sp³-hybridized carbons (Fsp3) is 0.737. The molecule has 0 unspecified atom stereocenters. The first-order valence-corrected chi connectivity index (χ1v) is 10.0. The number of imidazole rings is 1. The molecule has 0 saturated carbocycles. The lowest BCUT2D eigenvalue weighted by Crippen LogP contribution is -1.98. The van der Waals surface area contributed by atoms with Crippen LogP contribution in [-0.4, -0.2) is 19.5 Å². The van der Waals surface area contributed by atoms with Crippen LogP contribution in [0.3, 0.4) is 0 Å². The molecular weight excluding hydrogens is 320 g/mol. The predicted molar refractivity (Wildman–Crippen MR) is 101 cm³/mol. The van der Waals surface area contributed by atoms with Crippen molar-refractivity contribution in [3.8, 4) is 0 Å². The molecule has 2 rings (SSSR count). The summed E-state index contributed by atoms with van der Waals surface area (Å²) in [6, 6.07) is 0. The van der Waals surface area contributed by atoms with E-state index in [9.17, 15) is 0 Å². The number of nitrogens with zero attached hydrogens (tertiary/aromatic N) is 4. The Bertz CT molecular complexity index is 582. The summed E-state index contributed by atoms with van der Waals surface area (Å²) >= 11 is 6.02. The Balaban J connectivity index is 1.49. The molecule has 24 heavy (non-hydrogen) atoms. The second-order valence-corrected chi connectivity index (χ2v) is 7.02. The van der Waals surface area contributed by atoms with Gasteiger partial charge in [-0.15, -0.1) is 0 Å². The van der Waals surface area contributed by atoms with Crippen LogP contribution >= 0.6 is 11.6 Å². The van der Waals surface area contributed by atoms with E-state index in [4.69, 9.17) is 11.6 Å². The average Bonchev–Trinajstić information content (AvgIpc) is 3.00. The van der Waals surface area contributed by atoms with Gasteiger partial charge in [0.25, 0.3) is 0 Å². The molecule has 2 aromatic rings. The van der Waals surface area contributed by atoms with Crippen molar-refractivity contribution in [1.82, 2.24) is 19.5 Å². The zero-order valence-corrected chi connectivity index (χ0v) is 15.8. The summed E-state index contributed by atoms with van der Waals surface area (Å²) in [4.78, 5) is 12.5. The molecular formula is C19H31ClN4. The Morgan fingerprint density at radius 2 is 1.38 bits per heavy atom. The number of fused-ring (bicyclic) bond motifs is 1. The molecule has 0 spiro atoms. The van der Waals surface area contributed by atoms with Crippen LogP contribution in [-0.2, 0) is 6.54 Å². The molecule has 0 aliphatic carbocycles. The minimum absolute atomic E-state index is 0.438. The first-order chi connectivity index (χ1) is 11.8. The SMILES string of the molecule is CCCCCCCCCCCCCCn1cnc2c(Cl)ncnc21. The maximum atomic E-state index is 6.02. The monoisotopic (exact) mass is 350 g/mol. The van der Waals surface area contributed by atoms with Gasteiger partial charge in [-0.3, -0.25) is 0 Å². The molecule has 2 aromatic heterocycles. The number of rotatable bonds is 13. The summed E-state index contributed by atoms with van der Waals surface area (Å²) in [5, 5.41) is 0.438. The van der Waals surface area contributed by atoms with Crippen molar-refractivity contribution in [1.29, 1.82) is 0 Å². The van der Waals surface area contributed by atoms with Crippen LogP contribution in [0.2, 0.25) is 5.15 Å². The van der Waals surface area contributed by atoms with E-state index in [-0.39, 0.29) is 0 Å². The van der Waals surface area contributed by atoms with E-state index in [2.05, 4.69) is 26.4 Å². The van der Waals surface area contributed by atoms with E-state index in [1.54, 1.807) is 0 Å². The van der Waals surface area contributed by atoms with Crippen molar-refractivity contribution in [3.05, 3.63) is 17.8 Å². The highest BCUT2D eigenvalue weighted by atomic mass is 35.5.